The number of amides is 4. The lowest BCUT2D eigenvalue weighted by atomic mass is 10.1. The Hall–Kier alpha value is -4.79. The molecule has 0 radical (unpaired) electrons. The number of carbonyl (C=O) groups excluding carboxylic acids is 3. The summed E-state index contributed by atoms with van der Waals surface area (Å²) < 4.78 is 17.1. The van der Waals surface area contributed by atoms with Gasteiger partial charge in [-0.25, -0.2) is 9.69 Å². The molecule has 5 rings (SSSR count). The fourth-order valence-electron chi connectivity index (χ4n) is 4.19. The van der Waals surface area contributed by atoms with E-state index in [-0.39, 0.29) is 24.5 Å². The third-order valence-corrected chi connectivity index (χ3v) is 7.13. The van der Waals surface area contributed by atoms with Gasteiger partial charge in [0.15, 0.2) is 11.5 Å². The predicted molar refractivity (Wildman–Crippen MR) is 160 cm³/mol. The molecule has 1 saturated heterocycles. The van der Waals surface area contributed by atoms with E-state index in [0.717, 1.165) is 16.0 Å². The fourth-order valence-corrected chi connectivity index (χ4v) is 4.57. The maximum Gasteiger partial charge on any atom is 0.335 e. The van der Waals surface area contributed by atoms with Gasteiger partial charge in [-0.1, -0.05) is 65.7 Å². The van der Waals surface area contributed by atoms with Crippen molar-refractivity contribution in [3.05, 3.63) is 123 Å². The Kier molecular flexibility index (Phi) is 8.76. The first-order valence-corrected chi connectivity index (χ1v) is 13.5. The third kappa shape index (κ3) is 6.40. The zero-order valence-electron chi connectivity index (χ0n) is 22.3. The highest BCUT2D eigenvalue weighted by Crippen LogP contribution is 2.31. The maximum atomic E-state index is 13.4. The molecular weight excluding hydrogens is 579 g/mol. The van der Waals surface area contributed by atoms with E-state index in [4.69, 9.17) is 37.4 Å². The van der Waals surface area contributed by atoms with Gasteiger partial charge in [0, 0.05) is 21.2 Å². The summed E-state index contributed by atoms with van der Waals surface area (Å²) in [5.74, 6) is -0.224. The molecule has 0 bridgehead atoms. The number of methoxy groups -OCH3 is 1. The van der Waals surface area contributed by atoms with Crippen molar-refractivity contribution in [1.29, 1.82) is 0 Å². The SMILES string of the molecule is COc1cc(/C=C2\C(=O)NC(=O)N(c3ccc(OCc4ccccc4Cl)cc3)C2=O)ccc1OCc1ccccc1Cl. The molecule has 0 aromatic heterocycles. The average Bonchev–Trinajstić information content (AvgIpc) is 2.99. The zero-order chi connectivity index (χ0) is 29.6. The minimum Gasteiger partial charge on any atom is -0.493 e. The molecule has 8 nitrogen and oxygen atoms in total. The molecule has 4 amide bonds. The van der Waals surface area contributed by atoms with Crippen LogP contribution in [0.2, 0.25) is 10.0 Å². The highest BCUT2D eigenvalue weighted by atomic mass is 35.5. The van der Waals surface area contributed by atoms with Gasteiger partial charge in [0.2, 0.25) is 0 Å². The number of hydrogen-bond donors (Lipinski definition) is 1. The number of hydrogen-bond acceptors (Lipinski definition) is 6. The Morgan fingerprint density at radius 2 is 1.38 bits per heavy atom. The minimum absolute atomic E-state index is 0.221. The Labute approximate surface area is 252 Å². The van der Waals surface area contributed by atoms with Gasteiger partial charge in [-0.3, -0.25) is 14.9 Å². The normalized spacial score (nSPS) is 14.1. The number of rotatable bonds is 9. The van der Waals surface area contributed by atoms with Gasteiger partial charge in [0.1, 0.15) is 24.5 Å². The first kappa shape index (κ1) is 28.7. The van der Waals surface area contributed by atoms with E-state index in [0.29, 0.717) is 32.9 Å². The first-order valence-electron chi connectivity index (χ1n) is 12.8. The van der Waals surface area contributed by atoms with Crippen LogP contribution >= 0.6 is 23.2 Å². The largest absolute Gasteiger partial charge is 0.493 e. The summed E-state index contributed by atoms with van der Waals surface area (Å²) in [4.78, 5) is 39.6. The Morgan fingerprint density at radius 3 is 2.00 bits per heavy atom. The van der Waals surface area contributed by atoms with Crippen LogP contribution in [0.25, 0.3) is 6.08 Å². The third-order valence-electron chi connectivity index (χ3n) is 6.39. The number of ether oxygens (including phenoxy) is 3. The van der Waals surface area contributed by atoms with Crippen molar-refractivity contribution >= 4 is 52.8 Å². The first-order chi connectivity index (χ1) is 20.3. The monoisotopic (exact) mass is 602 g/mol. The standard InChI is InChI=1S/C32H24Cl2N2O6/c1-40-29-17-20(10-15-28(29)42-19-22-7-3-5-9-27(22)34)16-25-30(37)35-32(39)36(31(25)38)23-11-13-24(14-12-23)41-18-21-6-2-4-8-26(21)33/h2-17H,18-19H2,1H3,(H,35,37,39)/b25-16+. The summed E-state index contributed by atoms with van der Waals surface area (Å²) in [6, 6.07) is 25.1. The second-order valence-electron chi connectivity index (χ2n) is 9.12. The van der Waals surface area contributed by atoms with Crippen LogP contribution in [-0.2, 0) is 22.8 Å². The van der Waals surface area contributed by atoms with E-state index >= 15 is 0 Å². The van der Waals surface area contributed by atoms with Crippen LogP contribution in [0, 0.1) is 0 Å². The summed E-state index contributed by atoms with van der Waals surface area (Å²) in [7, 11) is 1.48. The molecule has 10 heteroatoms. The zero-order valence-corrected chi connectivity index (χ0v) is 23.8. The molecule has 4 aromatic carbocycles. The van der Waals surface area contributed by atoms with E-state index in [1.807, 2.05) is 36.4 Å². The average molecular weight is 603 g/mol. The molecule has 0 spiro atoms. The number of nitrogens with zero attached hydrogens (tertiary/aromatic N) is 1. The Morgan fingerprint density at radius 1 is 0.762 bits per heavy atom. The quantitative estimate of drug-likeness (QED) is 0.167. The highest BCUT2D eigenvalue weighted by Gasteiger charge is 2.36. The molecule has 1 aliphatic rings. The molecule has 1 heterocycles. The van der Waals surface area contributed by atoms with Crippen molar-refractivity contribution in [2.24, 2.45) is 0 Å². The van der Waals surface area contributed by atoms with Gasteiger partial charge in [0.05, 0.1) is 12.8 Å². The van der Waals surface area contributed by atoms with E-state index in [1.54, 1.807) is 54.6 Å². The topological polar surface area (TPSA) is 94.2 Å². The number of imide groups is 2. The van der Waals surface area contributed by atoms with E-state index in [1.165, 1.54) is 13.2 Å². The summed E-state index contributed by atoms with van der Waals surface area (Å²) in [5, 5.41) is 3.39. The van der Waals surface area contributed by atoms with Crippen LogP contribution in [0.4, 0.5) is 10.5 Å². The second-order valence-corrected chi connectivity index (χ2v) is 9.94. The van der Waals surface area contributed by atoms with E-state index in [9.17, 15) is 14.4 Å². The molecule has 212 valence electrons. The van der Waals surface area contributed by atoms with Gasteiger partial charge in [-0.15, -0.1) is 0 Å². The molecule has 4 aromatic rings. The Bertz CT molecular complexity index is 1690. The lowest BCUT2D eigenvalue weighted by Gasteiger charge is -2.26. The van der Waals surface area contributed by atoms with Crippen LogP contribution in [0.3, 0.4) is 0 Å². The maximum absolute atomic E-state index is 13.4. The molecular formula is C32H24Cl2N2O6. The van der Waals surface area contributed by atoms with Crippen LogP contribution in [-0.4, -0.2) is 25.0 Å². The number of halogens is 2. The van der Waals surface area contributed by atoms with Crippen molar-refractivity contribution in [1.82, 2.24) is 5.32 Å². The van der Waals surface area contributed by atoms with Crippen LogP contribution in [0.5, 0.6) is 17.2 Å². The van der Waals surface area contributed by atoms with Crippen molar-refractivity contribution < 1.29 is 28.6 Å². The van der Waals surface area contributed by atoms with Crippen LogP contribution in [0.1, 0.15) is 16.7 Å². The highest BCUT2D eigenvalue weighted by molar-refractivity contribution is 6.39. The minimum atomic E-state index is -0.854. The summed E-state index contributed by atoms with van der Waals surface area (Å²) >= 11 is 12.4. The molecule has 0 atom stereocenters. The molecule has 1 aliphatic heterocycles. The van der Waals surface area contributed by atoms with E-state index < -0.39 is 17.8 Å². The van der Waals surface area contributed by atoms with Crippen molar-refractivity contribution in [2.75, 3.05) is 12.0 Å². The van der Waals surface area contributed by atoms with Gasteiger partial charge in [-0.2, -0.15) is 0 Å². The summed E-state index contributed by atoms with van der Waals surface area (Å²) in [5.41, 5.74) is 2.16. The van der Waals surface area contributed by atoms with Gasteiger partial charge < -0.3 is 14.2 Å². The summed E-state index contributed by atoms with van der Waals surface area (Å²) in [6.07, 6.45) is 1.39. The van der Waals surface area contributed by atoms with Gasteiger partial charge in [-0.05, 0) is 60.2 Å². The number of nitrogens with one attached hydrogen (secondary N) is 1. The second kappa shape index (κ2) is 12.8. The molecule has 42 heavy (non-hydrogen) atoms. The number of anilines is 1. The molecule has 0 unspecified atom stereocenters. The lowest BCUT2D eigenvalue weighted by Crippen LogP contribution is -2.54. The molecule has 0 saturated carbocycles. The number of carbonyl (C=O) groups is 3. The molecule has 1 N–H and O–H groups in total. The summed E-state index contributed by atoms with van der Waals surface area (Å²) in [6.45, 7) is 0.467. The van der Waals surface area contributed by atoms with Crippen molar-refractivity contribution in [2.45, 2.75) is 13.2 Å². The Balaban J connectivity index is 1.32. The van der Waals surface area contributed by atoms with Crippen LogP contribution in [0.15, 0.2) is 96.6 Å². The fraction of sp³-hybridized carbons (Fsp3) is 0.0938. The number of urea groups is 1. The van der Waals surface area contributed by atoms with Crippen LogP contribution < -0.4 is 24.4 Å². The van der Waals surface area contributed by atoms with Crippen molar-refractivity contribution in [3.8, 4) is 17.2 Å². The smallest absolute Gasteiger partial charge is 0.335 e. The number of barbiturate groups is 1. The van der Waals surface area contributed by atoms with Gasteiger partial charge >= 0.3 is 6.03 Å². The lowest BCUT2D eigenvalue weighted by molar-refractivity contribution is -0.122. The van der Waals surface area contributed by atoms with E-state index in [2.05, 4.69) is 5.32 Å². The molecule has 0 aliphatic carbocycles. The molecule has 1 fully saturated rings. The predicted octanol–water partition coefficient (Wildman–Crippen LogP) is 6.83. The van der Waals surface area contributed by atoms with Gasteiger partial charge in [0.25, 0.3) is 11.8 Å². The van der Waals surface area contributed by atoms with Crippen molar-refractivity contribution in [3.63, 3.8) is 0 Å². The number of benzene rings is 4.